The summed E-state index contributed by atoms with van der Waals surface area (Å²) < 4.78 is 5.28. The summed E-state index contributed by atoms with van der Waals surface area (Å²) in [6, 6.07) is 12.5. The van der Waals surface area contributed by atoms with Crippen molar-refractivity contribution in [1.29, 1.82) is 0 Å². The SMILES string of the molecule is CN[C@@H](C)C(=O)N[C@H](C(=O)N1C[C@@H](NC(=O)c2cccc(OC)c2)C[C@H]1C(=O)N[C@@H]1CCCc2ccccc21)C1CCCCC1. The molecule has 1 saturated carbocycles. The quantitative estimate of drug-likeness (QED) is 0.324. The van der Waals surface area contributed by atoms with Gasteiger partial charge in [0.2, 0.25) is 17.7 Å². The summed E-state index contributed by atoms with van der Waals surface area (Å²) in [6.07, 6.45) is 7.81. The van der Waals surface area contributed by atoms with E-state index >= 15 is 0 Å². The van der Waals surface area contributed by atoms with Crippen LogP contribution in [0.4, 0.5) is 0 Å². The van der Waals surface area contributed by atoms with Crippen molar-refractivity contribution in [2.75, 3.05) is 20.7 Å². The summed E-state index contributed by atoms with van der Waals surface area (Å²) in [6.45, 7) is 1.94. The van der Waals surface area contributed by atoms with Crippen LogP contribution in [0.2, 0.25) is 0 Å². The molecule has 0 bridgehead atoms. The average molecular weight is 618 g/mol. The van der Waals surface area contributed by atoms with Crippen LogP contribution in [0.1, 0.15) is 85.8 Å². The van der Waals surface area contributed by atoms with E-state index in [1.54, 1.807) is 50.2 Å². The largest absolute Gasteiger partial charge is 0.497 e. The van der Waals surface area contributed by atoms with E-state index in [0.29, 0.717) is 11.3 Å². The first-order valence-electron chi connectivity index (χ1n) is 16.4. The highest BCUT2D eigenvalue weighted by molar-refractivity contribution is 5.96. The first-order valence-corrected chi connectivity index (χ1v) is 16.4. The Morgan fingerprint density at radius 2 is 1.71 bits per heavy atom. The van der Waals surface area contributed by atoms with E-state index < -0.39 is 24.2 Å². The van der Waals surface area contributed by atoms with Crippen molar-refractivity contribution in [1.82, 2.24) is 26.2 Å². The number of hydrogen-bond acceptors (Lipinski definition) is 6. The normalized spacial score (nSPS) is 22.9. The van der Waals surface area contributed by atoms with Crippen LogP contribution in [-0.2, 0) is 20.8 Å². The molecule has 2 fully saturated rings. The first kappa shape index (κ1) is 32.5. The Hall–Kier alpha value is -3.92. The standard InChI is InChI=1S/C35H47N5O5/c1-22(36-2)32(41)39-31(24-12-5-4-6-13-24)35(44)40-21-26(37-33(42)25-15-9-16-27(19-25)45-3)20-30(40)34(43)38-29-18-10-14-23-11-7-8-17-28(23)29/h7-9,11,15-17,19,22,24,26,29-31,36H,4-6,10,12-14,18,20-21H2,1-3H3,(H,37,42)(H,38,43)(H,39,41)/t22-,26-,29+,30-,31-/m0/s1. The number of carbonyl (C=O) groups is 4. The molecule has 0 radical (unpaired) electrons. The highest BCUT2D eigenvalue weighted by Gasteiger charge is 2.45. The second kappa shape index (κ2) is 14.9. The summed E-state index contributed by atoms with van der Waals surface area (Å²) in [7, 11) is 3.26. The lowest BCUT2D eigenvalue weighted by molar-refractivity contribution is -0.143. The Morgan fingerprint density at radius 1 is 0.933 bits per heavy atom. The molecule has 4 amide bonds. The number of nitrogens with zero attached hydrogens (tertiary/aromatic N) is 1. The summed E-state index contributed by atoms with van der Waals surface area (Å²) in [5.74, 6) is -0.491. The zero-order valence-electron chi connectivity index (χ0n) is 26.6. The van der Waals surface area contributed by atoms with Crippen molar-refractivity contribution in [3.05, 3.63) is 65.2 Å². The second-order valence-electron chi connectivity index (χ2n) is 12.7. The summed E-state index contributed by atoms with van der Waals surface area (Å²) in [4.78, 5) is 56.5. The van der Waals surface area contributed by atoms with Crippen molar-refractivity contribution in [2.24, 2.45) is 5.92 Å². The minimum atomic E-state index is -0.785. The fourth-order valence-electron chi connectivity index (χ4n) is 7.07. The first-order chi connectivity index (χ1) is 21.8. The molecule has 3 aliphatic rings. The van der Waals surface area contributed by atoms with Gasteiger partial charge in [0.05, 0.1) is 19.2 Å². The number of rotatable bonds is 10. The van der Waals surface area contributed by atoms with E-state index in [4.69, 9.17) is 4.74 Å². The number of amides is 4. The average Bonchev–Trinajstić information content (AvgIpc) is 3.50. The van der Waals surface area contributed by atoms with Gasteiger partial charge in [-0.1, -0.05) is 49.6 Å². The predicted octanol–water partition coefficient (Wildman–Crippen LogP) is 3.26. The van der Waals surface area contributed by atoms with E-state index in [1.807, 2.05) is 12.1 Å². The molecular formula is C35H47N5O5. The van der Waals surface area contributed by atoms with E-state index in [1.165, 1.54) is 5.56 Å². The maximum absolute atomic E-state index is 14.5. The van der Waals surface area contributed by atoms with Crippen molar-refractivity contribution in [3.63, 3.8) is 0 Å². The van der Waals surface area contributed by atoms with E-state index in [-0.39, 0.29) is 48.6 Å². The lowest BCUT2D eigenvalue weighted by Crippen LogP contribution is -2.58. The molecule has 2 aliphatic carbocycles. The molecule has 5 rings (SSSR count). The molecule has 4 N–H and O–H groups in total. The smallest absolute Gasteiger partial charge is 0.251 e. The fraction of sp³-hybridized carbons (Fsp3) is 0.543. The Balaban J connectivity index is 1.40. The molecule has 10 nitrogen and oxygen atoms in total. The van der Waals surface area contributed by atoms with Gasteiger partial charge in [-0.05, 0) is 87.7 Å². The molecule has 2 aromatic carbocycles. The van der Waals surface area contributed by atoms with E-state index in [2.05, 4.69) is 33.4 Å². The van der Waals surface area contributed by atoms with E-state index in [0.717, 1.165) is 56.9 Å². The molecule has 0 aromatic heterocycles. The number of nitrogens with one attached hydrogen (secondary N) is 4. The van der Waals surface area contributed by atoms with Crippen molar-refractivity contribution in [3.8, 4) is 5.75 Å². The monoisotopic (exact) mass is 617 g/mol. The Bertz CT molecular complexity index is 1380. The van der Waals surface area contributed by atoms with Gasteiger partial charge in [-0.15, -0.1) is 0 Å². The topological polar surface area (TPSA) is 129 Å². The number of hydrogen-bond donors (Lipinski definition) is 4. The Labute approximate surface area is 266 Å². The summed E-state index contributed by atoms with van der Waals surface area (Å²) in [5, 5.41) is 12.3. The number of likely N-dealkylation sites (tertiary alicyclic amines) is 1. The van der Waals surface area contributed by atoms with Crippen LogP contribution in [0.25, 0.3) is 0 Å². The molecule has 0 spiro atoms. The van der Waals surface area contributed by atoms with Crippen molar-refractivity contribution < 1.29 is 23.9 Å². The highest BCUT2D eigenvalue weighted by Crippen LogP contribution is 2.32. The van der Waals surface area contributed by atoms with Gasteiger partial charge in [0.25, 0.3) is 5.91 Å². The molecule has 242 valence electrons. The van der Waals surface area contributed by atoms with Crippen LogP contribution in [-0.4, -0.2) is 73.4 Å². The summed E-state index contributed by atoms with van der Waals surface area (Å²) >= 11 is 0. The third kappa shape index (κ3) is 7.66. The molecule has 45 heavy (non-hydrogen) atoms. The number of fused-ring (bicyclic) bond motifs is 1. The van der Waals surface area contributed by atoms with Gasteiger partial charge >= 0.3 is 0 Å². The molecule has 0 unspecified atom stereocenters. The molecule has 5 atom stereocenters. The zero-order valence-corrected chi connectivity index (χ0v) is 26.6. The van der Waals surface area contributed by atoms with Gasteiger partial charge in [0, 0.05) is 18.2 Å². The molecule has 1 saturated heterocycles. The number of ether oxygens (including phenoxy) is 1. The fourth-order valence-corrected chi connectivity index (χ4v) is 7.07. The lowest BCUT2D eigenvalue weighted by atomic mass is 9.83. The molecule has 2 aromatic rings. The van der Waals surface area contributed by atoms with Crippen LogP contribution >= 0.6 is 0 Å². The minimum absolute atomic E-state index is 0.0152. The lowest BCUT2D eigenvalue weighted by Gasteiger charge is -2.35. The maximum Gasteiger partial charge on any atom is 0.251 e. The second-order valence-corrected chi connectivity index (χ2v) is 12.7. The van der Waals surface area contributed by atoms with Crippen LogP contribution in [0.15, 0.2) is 48.5 Å². The minimum Gasteiger partial charge on any atom is -0.497 e. The number of methoxy groups -OCH3 is 1. The number of benzene rings is 2. The van der Waals surface area contributed by atoms with Gasteiger partial charge in [-0.3, -0.25) is 19.2 Å². The maximum atomic E-state index is 14.5. The molecular weight excluding hydrogens is 570 g/mol. The highest BCUT2D eigenvalue weighted by atomic mass is 16.5. The van der Waals surface area contributed by atoms with Crippen LogP contribution in [0, 0.1) is 5.92 Å². The van der Waals surface area contributed by atoms with Gasteiger partial charge in [0.15, 0.2) is 0 Å². The Kier molecular flexibility index (Phi) is 10.8. The number of aryl methyl sites for hydroxylation is 1. The predicted molar refractivity (Wildman–Crippen MR) is 172 cm³/mol. The molecule has 1 aliphatic heterocycles. The zero-order chi connectivity index (χ0) is 31.9. The van der Waals surface area contributed by atoms with Gasteiger partial charge in [-0.25, -0.2) is 0 Å². The third-order valence-electron chi connectivity index (χ3n) is 9.75. The van der Waals surface area contributed by atoms with Crippen molar-refractivity contribution >= 4 is 23.6 Å². The van der Waals surface area contributed by atoms with E-state index in [9.17, 15) is 19.2 Å². The Morgan fingerprint density at radius 3 is 2.47 bits per heavy atom. The van der Waals surface area contributed by atoms with Gasteiger partial charge in [-0.2, -0.15) is 0 Å². The number of likely N-dealkylation sites (N-methyl/N-ethyl adjacent to an activating group) is 1. The summed E-state index contributed by atoms with van der Waals surface area (Å²) in [5.41, 5.74) is 2.78. The molecule has 1 heterocycles. The molecule has 10 heteroatoms. The van der Waals surface area contributed by atoms with Crippen molar-refractivity contribution in [2.45, 2.75) is 94.9 Å². The van der Waals surface area contributed by atoms with Gasteiger partial charge in [0.1, 0.15) is 17.8 Å². The van der Waals surface area contributed by atoms with Gasteiger partial charge < -0.3 is 30.9 Å². The number of carbonyl (C=O) groups excluding carboxylic acids is 4. The van der Waals surface area contributed by atoms with Crippen LogP contribution < -0.4 is 26.0 Å². The van der Waals surface area contributed by atoms with Crippen LogP contribution in [0.3, 0.4) is 0 Å². The van der Waals surface area contributed by atoms with Crippen LogP contribution in [0.5, 0.6) is 5.75 Å². The third-order valence-corrected chi connectivity index (χ3v) is 9.75.